The third-order valence-electron chi connectivity index (χ3n) is 5.96. The minimum absolute atomic E-state index is 0.0910. The molecule has 1 fully saturated rings. The molecule has 1 aromatic heterocycles. The standard InChI is InChI=1S/C27H33FN4O3S/c1-27(2,3)30-25(33)31(16-21-13-14-21)18-23-15-29-26(32(23)17-20-9-5-4-6-10-20)36(34,35)19-22-11-7-8-12-24(22)28/h4-12,15,21H,13-14,16-19H2,1-3H3,(H,30,33). The first-order chi connectivity index (χ1) is 17.0. The average molecular weight is 513 g/mol. The molecule has 0 radical (unpaired) electrons. The largest absolute Gasteiger partial charge is 0.333 e. The zero-order valence-corrected chi connectivity index (χ0v) is 21.8. The molecule has 2 amide bonds. The fourth-order valence-corrected chi connectivity index (χ4v) is 5.52. The Hall–Kier alpha value is -3.20. The first-order valence-corrected chi connectivity index (χ1v) is 13.8. The Morgan fingerprint density at radius 1 is 1.11 bits per heavy atom. The van der Waals surface area contributed by atoms with Crippen LogP contribution in [0.4, 0.5) is 9.18 Å². The topological polar surface area (TPSA) is 84.3 Å². The third kappa shape index (κ3) is 6.72. The molecule has 9 heteroatoms. The number of imidazole rings is 1. The molecule has 1 saturated carbocycles. The van der Waals surface area contributed by atoms with Gasteiger partial charge in [-0.25, -0.2) is 22.6 Å². The smallest absolute Gasteiger partial charge is 0.318 e. The van der Waals surface area contributed by atoms with E-state index < -0.39 is 26.9 Å². The molecule has 0 aliphatic heterocycles. The Morgan fingerprint density at radius 3 is 2.42 bits per heavy atom. The van der Waals surface area contributed by atoms with Crippen molar-refractivity contribution in [3.05, 3.63) is 83.4 Å². The minimum atomic E-state index is -3.97. The maximum Gasteiger partial charge on any atom is 0.318 e. The number of carbonyl (C=O) groups is 1. The Balaban J connectivity index is 1.69. The summed E-state index contributed by atoms with van der Waals surface area (Å²) in [5, 5.41) is 2.88. The highest BCUT2D eigenvalue weighted by atomic mass is 32.2. The Kier molecular flexibility index (Phi) is 7.49. The van der Waals surface area contributed by atoms with E-state index >= 15 is 0 Å². The summed E-state index contributed by atoms with van der Waals surface area (Å²) < 4.78 is 42.8. The summed E-state index contributed by atoms with van der Waals surface area (Å²) in [6.45, 7) is 6.84. The van der Waals surface area contributed by atoms with Gasteiger partial charge in [0.05, 0.1) is 30.7 Å². The molecule has 36 heavy (non-hydrogen) atoms. The predicted molar refractivity (Wildman–Crippen MR) is 136 cm³/mol. The van der Waals surface area contributed by atoms with E-state index in [-0.39, 0.29) is 29.8 Å². The van der Waals surface area contributed by atoms with E-state index in [1.807, 2.05) is 51.1 Å². The third-order valence-corrected chi connectivity index (χ3v) is 7.54. The van der Waals surface area contributed by atoms with Crippen molar-refractivity contribution in [3.8, 4) is 0 Å². The van der Waals surface area contributed by atoms with Crippen LogP contribution in [0, 0.1) is 11.7 Å². The fourth-order valence-electron chi connectivity index (χ4n) is 4.01. The van der Waals surface area contributed by atoms with Gasteiger partial charge >= 0.3 is 6.03 Å². The molecule has 0 saturated heterocycles. The monoisotopic (exact) mass is 512 g/mol. The van der Waals surface area contributed by atoms with Crippen molar-refractivity contribution in [2.75, 3.05) is 6.54 Å². The van der Waals surface area contributed by atoms with Crippen LogP contribution in [0.25, 0.3) is 0 Å². The highest BCUT2D eigenvalue weighted by Gasteiger charge is 2.31. The van der Waals surface area contributed by atoms with E-state index in [1.165, 1.54) is 24.4 Å². The summed E-state index contributed by atoms with van der Waals surface area (Å²) in [6, 6.07) is 15.1. The van der Waals surface area contributed by atoms with E-state index in [1.54, 1.807) is 15.5 Å². The maximum absolute atomic E-state index is 14.3. The number of hydrogen-bond donors (Lipinski definition) is 1. The normalized spacial score (nSPS) is 14.0. The zero-order chi connectivity index (χ0) is 25.9. The molecule has 3 aromatic rings. The highest BCUT2D eigenvalue weighted by molar-refractivity contribution is 7.90. The Labute approximate surface area is 212 Å². The summed E-state index contributed by atoms with van der Waals surface area (Å²) in [6.07, 6.45) is 3.66. The number of urea groups is 1. The van der Waals surface area contributed by atoms with Gasteiger partial charge < -0.3 is 14.8 Å². The first kappa shape index (κ1) is 25.9. The molecule has 4 rings (SSSR count). The van der Waals surface area contributed by atoms with Gasteiger partial charge in [-0.05, 0) is 51.2 Å². The van der Waals surface area contributed by atoms with Crippen LogP contribution in [0.3, 0.4) is 0 Å². The summed E-state index contributed by atoms with van der Waals surface area (Å²) >= 11 is 0. The summed E-state index contributed by atoms with van der Waals surface area (Å²) in [5.41, 5.74) is 1.19. The van der Waals surface area contributed by atoms with Crippen LogP contribution in [-0.4, -0.2) is 41.0 Å². The number of halogens is 1. The van der Waals surface area contributed by atoms with Gasteiger partial charge in [-0.3, -0.25) is 0 Å². The molecule has 1 aliphatic rings. The quantitative estimate of drug-likeness (QED) is 0.448. The van der Waals surface area contributed by atoms with Crippen LogP contribution in [0.15, 0.2) is 66.0 Å². The van der Waals surface area contributed by atoms with Crippen molar-refractivity contribution < 1.29 is 17.6 Å². The number of carbonyl (C=O) groups excluding carboxylic acids is 1. The fraction of sp³-hybridized carbons (Fsp3) is 0.407. The number of nitrogens with one attached hydrogen (secondary N) is 1. The minimum Gasteiger partial charge on any atom is -0.333 e. The summed E-state index contributed by atoms with van der Waals surface area (Å²) in [7, 11) is -3.97. The number of rotatable bonds is 9. The molecule has 0 bridgehead atoms. The lowest BCUT2D eigenvalue weighted by atomic mass is 10.1. The van der Waals surface area contributed by atoms with E-state index in [4.69, 9.17) is 0 Å². The average Bonchev–Trinajstić information content (AvgIpc) is 3.53. The van der Waals surface area contributed by atoms with Crippen LogP contribution in [0.2, 0.25) is 0 Å². The van der Waals surface area contributed by atoms with Crippen molar-refractivity contribution in [2.24, 2.45) is 5.92 Å². The molecule has 2 aromatic carbocycles. The molecular weight excluding hydrogens is 479 g/mol. The van der Waals surface area contributed by atoms with Gasteiger partial charge in [-0.2, -0.15) is 0 Å². The first-order valence-electron chi connectivity index (χ1n) is 12.1. The van der Waals surface area contributed by atoms with Gasteiger partial charge in [0.2, 0.25) is 15.0 Å². The number of sulfone groups is 1. The van der Waals surface area contributed by atoms with Crippen LogP contribution < -0.4 is 5.32 Å². The number of hydrogen-bond acceptors (Lipinski definition) is 4. The predicted octanol–water partition coefficient (Wildman–Crippen LogP) is 4.76. The van der Waals surface area contributed by atoms with E-state index in [2.05, 4.69) is 10.3 Å². The van der Waals surface area contributed by atoms with Crippen molar-refractivity contribution in [1.82, 2.24) is 19.8 Å². The lowest BCUT2D eigenvalue weighted by Gasteiger charge is -2.29. The van der Waals surface area contributed by atoms with Crippen molar-refractivity contribution in [2.45, 2.75) is 63.2 Å². The van der Waals surface area contributed by atoms with Crippen molar-refractivity contribution in [3.63, 3.8) is 0 Å². The maximum atomic E-state index is 14.3. The summed E-state index contributed by atoms with van der Waals surface area (Å²) in [5.74, 6) is -0.622. The number of nitrogens with zero attached hydrogens (tertiary/aromatic N) is 3. The molecule has 1 heterocycles. The highest BCUT2D eigenvalue weighted by Crippen LogP contribution is 2.31. The molecule has 1 N–H and O–H groups in total. The van der Waals surface area contributed by atoms with Crippen LogP contribution >= 0.6 is 0 Å². The van der Waals surface area contributed by atoms with Gasteiger partial charge in [0.1, 0.15) is 5.82 Å². The zero-order valence-electron chi connectivity index (χ0n) is 20.9. The van der Waals surface area contributed by atoms with Crippen molar-refractivity contribution in [1.29, 1.82) is 0 Å². The number of aromatic nitrogens is 2. The van der Waals surface area contributed by atoms with Gasteiger partial charge in [-0.15, -0.1) is 0 Å². The molecule has 0 spiro atoms. The van der Waals surface area contributed by atoms with E-state index in [0.717, 1.165) is 18.4 Å². The molecule has 7 nitrogen and oxygen atoms in total. The molecule has 192 valence electrons. The van der Waals surface area contributed by atoms with Gasteiger partial charge in [0, 0.05) is 17.6 Å². The van der Waals surface area contributed by atoms with Gasteiger partial charge in [0.15, 0.2) is 0 Å². The van der Waals surface area contributed by atoms with Gasteiger partial charge in [0.25, 0.3) is 0 Å². The summed E-state index contributed by atoms with van der Waals surface area (Å²) in [4.78, 5) is 19.1. The Morgan fingerprint density at radius 2 is 1.78 bits per heavy atom. The lowest BCUT2D eigenvalue weighted by molar-refractivity contribution is 0.182. The molecule has 1 aliphatic carbocycles. The Bertz CT molecular complexity index is 1310. The van der Waals surface area contributed by atoms with E-state index in [0.29, 0.717) is 18.2 Å². The molecule has 0 atom stereocenters. The number of amides is 2. The van der Waals surface area contributed by atoms with Crippen molar-refractivity contribution >= 4 is 15.9 Å². The van der Waals surface area contributed by atoms with Gasteiger partial charge in [-0.1, -0.05) is 48.5 Å². The molecule has 0 unspecified atom stereocenters. The second kappa shape index (κ2) is 10.4. The molecular formula is C27H33FN4O3S. The second-order valence-corrected chi connectivity index (χ2v) is 12.3. The van der Waals surface area contributed by atoms with Crippen LogP contribution in [-0.2, 0) is 28.7 Å². The van der Waals surface area contributed by atoms with Crippen LogP contribution in [0.5, 0.6) is 0 Å². The SMILES string of the molecule is CC(C)(C)NC(=O)N(Cc1cnc(S(=O)(=O)Cc2ccccc2F)n1Cc1ccccc1)CC1CC1. The van der Waals surface area contributed by atoms with Crippen LogP contribution in [0.1, 0.15) is 50.4 Å². The second-order valence-electron chi connectivity index (χ2n) is 10.5. The lowest BCUT2D eigenvalue weighted by Crippen LogP contribution is -2.49. The number of benzene rings is 2. The van der Waals surface area contributed by atoms with E-state index in [9.17, 15) is 17.6 Å².